The first-order valence-corrected chi connectivity index (χ1v) is 8.19. The van der Waals surface area contributed by atoms with Crippen molar-refractivity contribution in [2.24, 2.45) is 0 Å². The Hall–Kier alpha value is 0.300. The topological polar surface area (TPSA) is 12.0 Å². The third-order valence-corrected chi connectivity index (χ3v) is 5.64. The van der Waals surface area contributed by atoms with Crippen molar-refractivity contribution in [2.45, 2.75) is 30.6 Å². The minimum Gasteiger partial charge on any atom is -0.309 e. The summed E-state index contributed by atoms with van der Waals surface area (Å²) in [7, 11) is 0. The Balaban J connectivity index is 1.97. The van der Waals surface area contributed by atoms with E-state index in [1.807, 2.05) is 23.9 Å². The van der Waals surface area contributed by atoms with Gasteiger partial charge in [0.2, 0.25) is 0 Å². The molecule has 4 heteroatoms. The average molecular weight is 335 g/mol. The van der Waals surface area contributed by atoms with Crippen molar-refractivity contribution in [3.63, 3.8) is 0 Å². The standard InChI is InChI=1S/C13H17BrClNS/c1-9(16-8-13(17-2)5-6-13)11-4-3-10(14)7-12(11)15/h3-4,7,9,16H,5-6,8H2,1-2H3. The van der Waals surface area contributed by atoms with Gasteiger partial charge in [-0.3, -0.25) is 0 Å². The van der Waals surface area contributed by atoms with Crippen LogP contribution in [0, 0.1) is 0 Å². The maximum absolute atomic E-state index is 6.25. The van der Waals surface area contributed by atoms with Gasteiger partial charge in [0.25, 0.3) is 0 Å². The SMILES string of the molecule is CSC1(CNC(C)c2ccc(Br)cc2Cl)CC1. The van der Waals surface area contributed by atoms with Gasteiger partial charge in [0.1, 0.15) is 0 Å². The van der Waals surface area contributed by atoms with Crippen molar-refractivity contribution < 1.29 is 0 Å². The average Bonchev–Trinajstić information content (AvgIpc) is 3.07. The fourth-order valence-corrected chi connectivity index (χ4v) is 3.47. The molecular formula is C13H17BrClNS. The lowest BCUT2D eigenvalue weighted by Gasteiger charge is -2.19. The summed E-state index contributed by atoms with van der Waals surface area (Å²) in [6.07, 6.45) is 4.87. The van der Waals surface area contributed by atoms with E-state index in [1.165, 1.54) is 18.4 Å². The van der Waals surface area contributed by atoms with Crippen LogP contribution in [0.1, 0.15) is 31.4 Å². The highest BCUT2D eigenvalue weighted by molar-refractivity contribution is 9.10. The van der Waals surface area contributed by atoms with Gasteiger partial charge in [0.15, 0.2) is 0 Å². The van der Waals surface area contributed by atoms with Gasteiger partial charge in [0.05, 0.1) is 0 Å². The number of halogens is 2. The number of hydrogen-bond acceptors (Lipinski definition) is 2. The maximum Gasteiger partial charge on any atom is 0.0464 e. The molecule has 1 N–H and O–H groups in total. The van der Waals surface area contributed by atoms with Gasteiger partial charge in [-0.05, 0) is 43.7 Å². The van der Waals surface area contributed by atoms with E-state index in [9.17, 15) is 0 Å². The second-order valence-electron chi connectivity index (χ2n) is 4.66. The van der Waals surface area contributed by atoms with Gasteiger partial charge >= 0.3 is 0 Å². The van der Waals surface area contributed by atoms with Crippen LogP contribution >= 0.6 is 39.3 Å². The molecule has 1 aromatic rings. The molecule has 0 bridgehead atoms. The van der Waals surface area contributed by atoms with E-state index in [2.05, 4.69) is 40.5 Å². The smallest absolute Gasteiger partial charge is 0.0464 e. The van der Waals surface area contributed by atoms with Crippen molar-refractivity contribution in [2.75, 3.05) is 12.8 Å². The number of hydrogen-bond donors (Lipinski definition) is 1. The Morgan fingerprint density at radius 3 is 2.76 bits per heavy atom. The van der Waals surface area contributed by atoms with Crippen molar-refractivity contribution >= 4 is 39.3 Å². The minimum absolute atomic E-state index is 0.306. The molecule has 1 aliphatic rings. The number of benzene rings is 1. The molecule has 0 radical (unpaired) electrons. The lowest BCUT2D eigenvalue weighted by molar-refractivity contribution is 0.563. The van der Waals surface area contributed by atoms with E-state index in [1.54, 1.807) is 0 Å². The predicted molar refractivity (Wildman–Crippen MR) is 81.0 cm³/mol. The summed E-state index contributed by atoms with van der Waals surface area (Å²) in [5.41, 5.74) is 1.17. The molecule has 1 unspecified atom stereocenters. The van der Waals surface area contributed by atoms with Crippen LogP contribution in [0.15, 0.2) is 22.7 Å². The van der Waals surface area contributed by atoms with Crippen LogP contribution in [-0.4, -0.2) is 17.5 Å². The number of rotatable bonds is 5. The van der Waals surface area contributed by atoms with E-state index >= 15 is 0 Å². The molecule has 1 saturated carbocycles. The Morgan fingerprint density at radius 2 is 2.24 bits per heavy atom. The first-order valence-electron chi connectivity index (χ1n) is 5.80. The Bertz CT molecular complexity index is 406. The molecule has 1 fully saturated rings. The van der Waals surface area contributed by atoms with Gasteiger partial charge in [-0.1, -0.05) is 33.6 Å². The third kappa shape index (κ3) is 3.40. The monoisotopic (exact) mass is 333 g/mol. The molecule has 94 valence electrons. The lowest BCUT2D eigenvalue weighted by Crippen LogP contribution is -2.28. The van der Waals surface area contributed by atoms with Crippen molar-refractivity contribution in [3.05, 3.63) is 33.3 Å². The van der Waals surface area contributed by atoms with Crippen LogP contribution in [0.3, 0.4) is 0 Å². The highest BCUT2D eigenvalue weighted by Crippen LogP contribution is 2.46. The largest absolute Gasteiger partial charge is 0.309 e. The fraction of sp³-hybridized carbons (Fsp3) is 0.538. The second-order valence-corrected chi connectivity index (χ2v) is 7.25. The van der Waals surface area contributed by atoms with Crippen LogP contribution in [0.5, 0.6) is 0 Å². The second kappa shape index (κ2) is 5.52. The summed E-state index contributed by atoms with van der Waals surface area (Å²) in [5.74, 6) is 0. The van der Waals surface area contributed by atoms with E-state index in [0.29, 0.717) is 10.8 Å². The summed E-state index contributed by atoms with van der Waals surface area (Å²) < 4.78 is 1.53. The van der Waals surface area contributed by atoms with Gasteiger partial charge in [-0.25, -0.2) is 0 Å². The summed E-state index contributed by atoms with van der Waals surface area (Å²) in [5, 5.41) is 4.42. The zero-order chi connectivity index (χ0) is 12.5. The van der Waals surface area contributed by atoms with E-state index < -0.39 is 0 Å². The highest BCUT2D eigenvalue weighted by atomic mass is 79.9. The predicted octanol–water partition coefficient (Wildman–Crippen LogP) is 4.65. The summed E-state index contributed by atoms with van der Waals surface area (Å²) in [6.45, 7) is 3.24. The molecule has 0 aromatic heterocycles. The van der Waals surface area contributed by atoms with E-state index in [-0.39, 0.29) is 0 Å². The molecule has 0 aliphatic heterocycles. The van der Waals surface area contributed by atoms with Crippen LogP contribution in [0.2, 0.25) is 5.02 Å². The summed E-state index contributed by atoms with van der Waals surface area (Å²) >= 11 is 11.7. The molecule has 2 rings (SSSR count). The number of nitrogens with one attached hydrogen (secondary N) is 1. The summed E-state index contributed by atoms with van der Waals surface area (Å²) in [4.78, 5) is 0. The molecule has 0 spiro atoms. The maximum atomic E-state index is 6.25. The van der Waals surface area contributed by atoms with Crippen molar-refractivity contribution in [3.8, 4) is 0 Å². The number of thioether (sulfide) groups is 1. The van der Waals surface area contributed by atoms with Gasteiger partial charge < -0.3 is 5.32 Å². The first-order chi connectivity index (χ1) is 8.06. The minimum atomic E-state index is 0.306. The van der Waals surface area contributed by atoms with Crippen LogP contribution < -0.4 is 5.32 Å². The molecule has 1 aliphatic carbocycles. The molecule has 0 heterocycles. The molecule has 17 heavy (non-hydrogen) atoms. The summed E-state index contributed by atoms with van der Waals surface area (Å²) in [6, 6.07) is 6.39. The van der Waals surface area contributed by atoms with Crippen molar-refractivity contribution in [1.29, 1.82) is 0 Å². The molecular weight excluding hydrogens is 318 g/mol. The van der Waals surface area contributed by atoms with Gasteiger partial charge in [-0.2, -0.15) is 11.8 Å². The molecule has 0 amide bonds. The van der Waals surface area contributed by atoms with Crippen LogP contribution in [0.4, 0.5) is 0 Å². The van der Waals surface area contributed by atoms with Crippen molar-refractivity contribution in [1.82, 2.24) is 5.32 Å². The quantitative estimate of drug-likeness (QED) is 0.841. The zero-order valence-electron chi connectivity index (χ0n) is 10.1. The van der Waals surface area contributed by atoms with Gasteiger partial charge in [0, 0.05) is 26.8 Å². The fourth-order valence-electron chi connectivity index (χ4n) is 1.89. The Morgan fingerprint density at radius 1 is 1.53 bits per heavy atom. The molecule has 0 saturated heterocycles. The van der Waals surface area contributed by atoms with E-state index in [4.69, 9.17) is 11.6 Å². The molecule has 1 atom stereocenters. The molecule has 1 nitrogen and oxygen atoms in total. The van der Waals surface area contributed by atoms with Gasteiger partial charge in [-0.15, -0.1) is 0 Å². The van der Waals surface area contributed by atoms with E-state index in [0.717, 1.165) is 16.0 Å². The Kier molecular flexibility index (Phi) is 4.45. The zero-order valence-corrected chi connectivity index (χ0v) is 13.3. The normalized spacial score (nSPS) is 19.1. The third-order valence-electron chi connectivity index (χ3n) is 3.40. The van der Waals surface area contributed by atoms with Crippen LogP contribution in [-0.2, 0) is 0 Å². The highest BCUT2D eigenvalue weighted by Gasteiger charge is 2.41. The molecule has 1 aromatic carbocycles. The first kappa shape index (κ1) is 13.7. The van der Waals surface area contributed by atoms with Crippen LogP contribution in [0.25, 0.3) is 0 Å². The Labute approximate surface area is 121 Å². The lowest BCUT2D eigenvalue weighted by atomic mass is 10.1.